The van der Waals surface area contributed by atoms with E-state index in [4.69, 9.17) is 9.84 Å². The number of ether oxygens (including phenoxy) is 1. The summed E-state index contributed by atoms with van der Waals surface area (Å²) in [4.78, 5) is 21.5. The predicted molar refractivity (Wildman–Crippen MR) is 121 cm³/mol. The third kappa shape index (κ3) is 30.1. The summed E-state index contributed by atoms with van der Waals surface area (Å²) in [6, 6.07) is 0. The fourth-order valence-corrected chi connectivity index (χ4v) is 2.92. The Balaban J connectivity index is -0.00000312. The first-order valence-corrected chi connectivity index (χ1v) is 10.7. The van der Waals surface area contributed by atoms with E-state index in [-0.39, 0.29) is 116 Å². The molecule has 0 aliphatic carbocycles. The van der Waals surface area contributed by atoms with Crippen LogP contribution in [0.15, 0.2) is 12.3 Å². The van der Waals surface area contributed by atoms with Gasteiger partial charge in [-0.05, 0) is 18.9 Å². The first-order valence-electron chi connectivity index (χ1n) is 10.7. The minimum absolute atomic E-state index is 0. The van der Waals surface area contributed by atoms with E-state index in [9.17, 15) is 9.59 Å². The summed E-state index contributed by atoms with van der Waals surface area (Å²) in [6.45, 7) is 2.26. The summed E-state index contributed by atoms with van der Waals surface area (Å²) in [7, 11) is 0. The van der Waals surface area contributed by atoms with Crippen LogP contribution in [0, 0.1) is 0 Å². The van der Waals surface area contributed by atoms with Crippen LogP contribution in [-0.2, 0) is 14.3 Å². The van der Waals surface area contributed by atoms with E-state index in [2.05, 4.69) is 6.92 Å². The SMILES string of the molecule is CCCCCCCCCCCCCCCC/C=C/OC(=O)CCC(=O)O.[KH].[KH]. The van der Waals surface area contributed by atoms with Gasteiger partial charge in [-0.1, -0.05) is 90.4 Å². The third-order valence-electron chi connectivity index (χ3n) is 4.56. The molecule has 0 bridgehead atoms. The molecule has 0 aromatic heterocycles. The van der Waals surface area contributed by atoms with Crippen molar-refractivity contribution in [2.75, 3.05) is 0 Å². The van der Waals surface area contributed by atoms with Crippen LogP contribution in [0.1, 0.15) is 116 Å². The quantitative estimate of drug-likeness (QED) is 0.123. The molecule has 0 aliphatic heterocycles. The summed E-state index contributed by atoms with van der Waals surface area (Å²) < 4.78 is 4.83. The number of hydrogen-bond acceptors (Lipinski definition) is 3. The minimum atomic E-state index is -0.978. The molecule has 0 aromatic carbocycles. The summed E-state index contributed by atoms with van der Waals surface area (Å²) in [5, 5.41) is 8.46. The van der Waals surface area contributed by atoms with Gasteiger partial charge in [0.25, 0.3) is 0 Å². The van der Waals surface area contributed by atoms with Gasteiger partial charge in [-0.2, -0.15) is 0 Å². The molecule has 6 heteroatoms. The van der Waals surface area contributed by atoms with E-state index in [1.54, 1.807) is 0 Å². The molecule has 1 N–H and O–H groups in total. The van der Waals surface area contributed by atoms with E-state index in [1.165, 1.54) is 89.7 Å². The second-order valence-electron chi connectivity index (χ2n) is 7.14. The van der Waals surface area contributed by atoms with Gasteiger partial charge in [-0.25, -0.2) is 0 Å². The van der Waals surface area contributed by atoms with Gasteiger partial charge in [-0.15, -0.1) is 0 Å². The van der Waals surface area contributed by atoms with Crippen LogP contribution in [0.5, 0.6) is 0 Å². The van der Waals surface area contributed by atoms with E-state index in [0.717, 1.165) is 12.8 Å². The summed E-state index contributed by atoms with van der Waals surface area (Å²) in [6.07, 6.45) is 22.8. The molecule has 0 atom stereocenters. The normalized spacial score (nSPS) is 10.3. The molecule has 0 aliphatic rings. The van der Waals surface area contributed by atoms with Crippen molar-refractivity contribution in [1.29, 1.82) is 0 Å². The number of carbonyl (C=O) groups excluding carboxylic acids is 1. The number of carboxylic acids is 1. The van der Waals surface area contributed by atoms with Crippen LogP contribution >= 0.6 is 0 Å². The number of aliphatic carboxylic acids is 1. The van der Waals surface area contributed by atoms with Crippen LogP contribution < -0.4 is 0 Å². The fraction of sp³-hybridized carbons (Fsp3) is 0.818. The second-order valence-corrected chi connectivity index (χ2v) is 7.14. The van der Waals surface area contributed by atoms with Crippen molar-refractivity contribution in [2.24, 2.45) is 0 Å². The maximum atomic E-state index is 11.2. The van der Waals surface area contributed by atoms with Gasteiger partial charge < -0.3 is 9.84 Å². The number of unbranched alkanes of at least 4 members (excludes halogenated alkanes) is 14. The molecule has 28 heavy (non-hydrogen) atoms. The average Bonchev–Trinajstić information content (AvgIpc) is 2.62. The molecule has 156 valence electrons. The first kappa shape index (κ1) is 34.6. The Bertz CT molecular complexity index is 374. The topological polar surface area (TPSA) is 63.6 Å². The number of carboxylic acid groups (broad SMARTS) is 1. The molecule has 0 saturated carbocycles. The fourth-order valence-electron chi connectivity index (χ4n) is 2.92. The molecular weight excluding hydrogens is 406 g/mol. The van der Waals surface area contributed by atoms with Crippen LogP contribution in [0.2, 0.25) is 0 Å². The van der Waals surface area contributed by atoms with Gasteiger partial charge in [0.05, 0.1) is 19.1 Å². The van der Waals surface area contributed by atoms with Crippen molar-refractivity contribution in [3.8, 4) is 0 Å². The van der Waals surface area contributed by atoms with Crippen LogP contribution in [0.3, 0.4) is 0 Å². The van der Waals surface area contributed by atoms with E-state index < -0.39 is 11.9 Å². The standard InChI is InChI=1S/C22H40O4.2K.2H/c1-2-3-4-5-6-7-8-9-10-11-12-13-14-15-16-17-20-26-22(25)19-18-21(23)24;;;;/h17,20H,2-16,18-19H2,1H3,(H,23,24);;;;/b20-17+;;;;. The zero-order valence-electron chi connectivity index (χ0n) is 16.8. The Labute approximate surface area is 258 Å². The predicted octanol–water partition coefficient (Wildman–Crippen LogP) is 5.48. The Morgan fingerprint density at radius 3 is 1.57 bits per heavy atom. The molecule has 0 aromatic rings. The molecule has 0 saturated heterocycles. The Morgan fingerprint density at radius 1 is 0.714 bits per heavy atom. The molecule has 0 amide bonds. The molecule has 0 radical (unpaired) electrons. The zero-order valence-corrected chi connectivity index (χ0v) is 16.8. The molecular formula is C22H42K2O4. The average molecular weight is 449 g/mol. The number of carbonyl (C=O) groups is 2. The van der Waals surface area contributed by atoms with Crippen LogP contribution in [-0.4, -0.2) is 120 Å². The van der Waals surface area contributed by atoms with Crippen molar-refractivity contribution in [1.82, 2.24) is 0 Å². The van der Waals surface area contributed by atoms with Crippen LogP contribution in [0.25, 0.3) is 0 Å². The van der Waals surface area contributed by atoms with E-state index in [1.807, 2.05) is 6.08 Å². The number of esters is 1. The van der Waals surface area contributed by atoms with Crippen molar-refractivity contribution >= 4 is 115 Å². The van der Waals surface area contributed by atoms with Gasteiger partial charge in [0.1, 0.15) is 0 Å². The summed E-state index contributed by atoms with van der Waals surface area (Å²) >= 11 is 0. The third-order valence-corrected chi connectivity index (χ3v) is 4.56. The molecule has 0 rings (SSSR count). The Hall–Kier alpha value is 1.95. The molecule has 0 unspecified atom stereocenters. The van der Waals surface area contributed by atoms with Crippen molar-refractivity contribution in [3.05, 3.63) is 12.3 Å². The Morgan fingerprint density at radius 2 is 1.14 bits per heavy atom. The number of rotatable bonds is 19. The second kappa shape index (κ2) is 29.0. The Kier molecular flexibility index (Phi) is 35.7. The molecule has 4 nitrogen and oxygen atoms in total. The maximum absolute atomic E-state index is 11.2. The van der Waals surface area contributed by atoms with Crippen LogP contribution in [0.4, 0.5) is 0 Å². The number of allylic oxidation sites excluding steroid dienone is 1. The van der Waals surface area contributed by atoms with Gasteiger partial charge >= 0.3 is 115 Å². The van der Waals surface area contributed by atoms with Gasteiger partial charge in [0.15, 0.2) is 0 Å². The van der Waals surface area contributed by atoms with E-state index in [0.29, 0.717) is 0 Å². The monoisotopic (exact) mass is 448 g/mol. The van der Waals surface area contributed by atoms with Crippen molar-refractivity contribution in [3.63, 3.8) is 0 Å². The zero-order chi connectivity index (χ0) is 19.3. The van der Waals surface area contributed by atoms with E-state index >= 15 is 0 Å². The summed E-state index contributed by atoms with van der Waals surface area (Å²) in [5.74, 6) is -1.46. The van der Waals surface area contributed by atoms with Crippen molar-refractivity contribution in [2.45, 2.75) is 116 Å². The number of hydrogen-bond donors (Lipinski definition) is 1. The van der Waals surface area contributed by atoms with Crippen molar-refractivity contribution < 1.29 is 19.4 Å². The van der Waals surface area contributed by atoms with Gasteiger partial charge in [0, 0.05) is 0 Å². The molecule has 0 spiro atoms. The summed E-state index contributed by atoms with van der Waals surface area (Å²) in [5.41, 5.74) is 0. The van der Waals surface area contributed by atoms with Gasteiger partial charge in [-0.3, -0.25) is 9.59 Å². The molecule has 0 heterocycles. The van der Waals surface area contributed by atoms with Gasteiger partial charge in [0.2, 0.25) is 0 Å². The molecule has 0 fully saturated rings. The first-order chi connectivity index (χ1) is 12.7.